The molecule has 1 fully saturated rings. The van der Waals surface area contributed by atoms with Crippen molar-refractivity contribution in [2.45, 2.75) is 19.8 Å². The molecule has 6 nitrogen and oxygen atoms in total. The van der Waals surface area contributed by atoms with E-state index < -0.39 is 5.82 Å². The highest BCUT2D eigenvalue weighted by atomic mass is 19.1. The van der Waals surface area contributed by atoms with Crippen LogP contribution in [0.2, 0.25) is 0 Å². The van der Waals surface area contributed by atoms with Crippen LogP contribution in [0.4, 0.5) is 10.2 Å². The van der Waals surface area contributed by atoms with Crippen molar-refractivity contribution in [3.63, 3.8) is 0 Å². The maximum Gasteiger partial charge on any atom is 0.168 e. The largest absolute Gasteiger partial charge is 0.507 e. The summed E-state index contributed by atoms with van der Waals surface area (Å²) in [5, 5.41) is 14.0. The molecule has 4 rings (SSSR count). The Morgan fingerprint density at radius 1 is 1.29 bits per heavy atom. The minimum Gasteiger partial charge on any atom is -0.507 e. The first-order valence-corrected chi connectivity index (χ1v) is 9.37. The molecule has 0 amide bonds. The standard InChI is InChI=1S/C21H21FN4O2/c1-13-5-6-15-17(11-13)24-20(19-16(22)3-2-4-18(19)27)25-21(15)26-10-8-14(12-26)7-9-23-28/h2-6,11,14,27H,7-10,12H2,1H3. The fraction of sp³-hybridized carbons (Fsp3) is 0.333. The third-order valence-electron chi connectivity index (χ3n) is 5.26. The number of benzene rings is 2. The van der Waals surface area contributed by atoms with Gasteiger partial charge in [-0.25, -0.2) is 14.4 Å². The van der Waals surface area contributed by atoms with E-state index in [9.17, 15) is 14.4 Å². The molecule has 1 aliphatic rings. The zero-order valence-electron chi connectivity index (χ0n) is 15.6. The lowest BCUT2D eigenvalue weighted by Crippen LogP contribution is -2.22. The summed E-state index contributed by atoms with van der Waals surface area (Å²) in [5.74, 6) is 0.521. The number of phenols is 1. The number of anilines is 1. The van der Waals surface area contributed by atoms with Crippen molar-refractivity contribution < 1.29 is 9.50 Å². The highest BCUT2D eigenvalue weighted by Gasteiger charge is 2.26. The van der Waals surface area contributed by atoms with Crippen LogP contribution in [-0.2, 0) is 0 Å². The average Bonchev–Trinajstić information content (AvgIpc) is 3.14. The van der Waals surface area contributed by atoms with Crippen LogP contribution < -0.4 is 4.90 Å². The maximum atomic E-state index is 14.4. The van der Waals surface area contributed by atoms with E-state index in [1.54, 1.807) is 0 Å². The monoisotopic (exact) mass is 380 g/mol. The summed E-state index contributed by atoms with van der Waals surface area (Å²) in [7, 11) is 0. The minimum absolute atomic E-state index is 0.00746. The Kier molecular flexibility index (Phi) is 4.90. The smallest absolute Gasteiger partial charge is 0.168 e. The van der Waals surface area contributed by atoms with Gasteiger partial charge in [-0.05, 0) is 55.5 Å². The number of aromatic nitrogens is 2. The summed E-state index contributed by atoms with van der Waals surface area (Å²) in [6, 6.07) is 10.1. The van der Waals surface area contributed by atoms with Crippen molar-refractivity contribution in [2.24, 2.45) is 11.1 Å². The van der Waals surface area contributed by atoms with E-state index in [1.807, 2.05) is 25.1 Å². The highest BCUT2D eigenvalue weighted by molar-refractivity contribution is 5.92. The van der Waals surface area contributed by atoms with Gasteiger partial charge in [0.2, 0.25) is 0 Å². The van der Waals surface area contributed by atoms with Gasteiger partial charge in [0, 0.05) is 18.5 Å². The van der Waals surface area contributed by atoms with Crippen molar-refractivity contribution in [3.05, 3.63) is 52.7 Å². The second kappa shape index (κ2) is 7.50. The molecule has 2 aromatic carbocycles. The Labute approximate surface area is 162 Å². The normalized spacial score (nSPS) is 16.6. The second-order valence-electron chi connectivity index (χ2n) is 7.27. The van der Waals surface area contributed by atoms with Crippen molar-refractivity contribution >= 4 is 16.7 Å². The topological polar surface area (TPSA) is 78.7 Å². The minimum atomic E-state index is -0.561. The van der Waals surface area contributed by atoms with Gasteiger partial charge < -0.3 is 10.0 Å². The van der Waals surface area contributed by atoms with E-state index in [0.29, 0.717) is 18.0 Å². The average molecular weight is 380 g/mol. The molecule has 1 N–H and O–H groups in total. The molecule has 144 valence electrons. The van der Waals surface area contributed by atoms with Crippen LogP contribution in [0, 0.1) is 23.6 Å². The van der Waals surface area contributed by atoms with Gasteiger partial charge in [0.15, 0.2) is 5.82 Å². The van der Waals surface area contributed by atoms with Crippen molar-refractivity contribution in [2.75, 3.05) is 24.5 Å². The molecule has 1 saturated heterocycles. The number of aromatic hydroxyl groups is 1. The van der Waals surface area contributed by atoms with E-state index in [1.165, 1.54) is 18.2 Å². The lowest BCUT2D eigenvalue weighted by Gasteiger charge is -2.20. The summed E-state index contributed by atoms with van der Waals surface area (Å²) in [6.07, 6.45) is 1.70. The van der Waals surface area contributed by atoms with Gasteiger partial charge in [0.1, 0.15) is 17.4 Å². The summed E-state index contributed by atoms with van der Waals surface area (Å²) in [4.78, 5) is 21.8. The van der Waals surface area contributed by atoms with Gasteiger partial charge in [-0.15, -0.1) is 0 Å². The predicted octanol–water partition coefficient (Wildman–Crippen LogP) is 4.43. The lowest BCUT2D eigenvalue weighted by atomic mass is 10.1. The quantitative estimate of drug-likeness (QED) is 0.663. The number of aryl methyl sites for hydroxylation is 1. The van der Waals surface area contributed by atoms with Crippen molar-refractivity contribution in [3.8, 4) is 17.1 Å². The Balaban J connectivity index is 1.82. The Morgan fingerprint density at radius 3 is 2.93 bits per heavy atom. The fourth-order valence-electron chi connectivity index (χ4n) is 3.81. The van der Waals surface area contributed by atoms with Crippen LogP contribution in [-0.4, -0.2) is 34.7 Å². The summed E-state index contributed by atoms with van der Waals surface area (Å²) >= 11 is 0. The van der Waals surface area contributed by atoms with Crippen molar-refractivity contribution in [1.82, 2.24) is 9.97 Å². The first-order chi connectivity index (χ1) is 13.6. The first kappa shape index (κ1) is 18.3. The number of nitroso groups, excluding NO2 is 1. The zero-order valence-corrected chi connectivity index (χ0v) is 15.6. The molecule has 1 atom stereocenters. The summed E-state index contributed by atoms with van der Waals surface area (Å²) in [6.45, 7) is 3.85. The SMILES string of the molecule is Cc1ccc2c(N3CCC(CCN=O)C3)nc(-c3c(O)cccc3F)nc2c1. The van der Waals surface area contributed by atoms with Gasteiger partial charge in [0.05, 0.1) is 17.6 Å². The Morgan fingerprint density at radius 2 is 2.14 bits per heavy atom. The fourth-order valence-corrected chi connectivity index (χ4v) is 3.81. The zero-order chi connectivity index (χ0) is 19.7. The van der Waals surface area contributed by atoms with E-state index in [2.05, 4.69) is 20.0 Å². The van der Waals surface area contributed by atoms with Gasteiger partial charge in [0.25, 0.3) is 0 Å². The Hall–Kier alpha value is -3.09. The second-order valence-corrected chi connectivity index (χ2v) is 7.27. The molecule has 28 heavy (non-hydrogen) atoms. The van der Waals surface area contributed by atoms with Crippen LogP contribution in [0.15, 0.2) is 41.6 Å². The molecular formula is C21H21FN4O2. The molecule has 1 unspecified atom stereocenters. The number of halogens is 1. The van der Waals surface area contributed by atoms with Crippen LogP contribution >= 0.6 is 0 Å². The van der Waals surface area contributed by atoms with Gasteiger partial charge in [-0.2, -0.15) is 4.91 Å². The Bertz CT molecular complexity index is 1020. The molecule has 0 spiro atoms. The number of fused-ring (bicyclic) bond motifs is 1. The van der Waals surface area contributed by atoms with Crippen LogP contribution in [0.25, 0.3) is 22.3 Å². The maximum absolute atomic E-state index is 14.4. The molecule has 0 saturated carbocycles. The summed E-state index contributed by atoms with van der Waals surface area (Å²) in [5.41, 5.74) is 1.76. The lowest BCUT2D eigenvalue weighted by molar-refractivity contribution is 0.471. The van der Waals surface area contributed by atoms with Crippen molar-refractivity contribution in [1.29, 1.82) is 0 Å². The molecular weight excluding hydrogens is 359 g/mol. The molecule has 1 aliphatic heterocycles. The number of rotatable bonds is 5. The first-order valence-electron chi connectivity index (χ1n) is 9.37. The number of nitrogens with zero attached hydrogens (tertiary/aromatic N) is 4. The molecule has 7 heteroatoms. The van der Waals surface area contributed by atoms with Crippen LogP contribution in [0.1, 0.15) is 18.4 Å². The van der Waals surface area contributed by atoms with E-state index in [4.69, 9.17) is 0 Å². The van der Waals surface area contributed by atoms with E-state index in [0.717, 1.165) is 42.7 Å². The van der Waals surface area contributed by atoms with E-state index in [-0.39, 0.29) is 17.1 Å². The third-order valence-corrected chi connectivity index (χ3v) is 5.26. The highest BCUT2D eigenvalue weighted by Crippen LogP contribution is 2.35. The molecule has 0 bridgehead atoms. The molecule has 0 aliphatic carbocycles. The molecule has 1 aromatic heterocycles. The number of phenolic OH excluding ortho intramolecular Hbond substituents is 1. The number of hydrogen-bond donors (Lipinski definition) is 1. The molecule has 3 aromatic rings. The number of hydrogen-bond acceptors (Lipinski definition) is 6. The van der Waals surface area contributed by atoms with Gasteiger partial charge in [-0.3, -0.25) is 0 Å². The van der Waals surface area contributed by atoms with Crippen LogP contribution in [0.3, 0.4) is 0 Å². The third kappa shape index (κ3) is 3.40. The van der Waals surface area contributed by atoms with Crippen LogP contribution in [0.5, 0.6) is 5.75 Å². The van der Waals surface area contributed by atoms with Gasteiger partial charge >= 0.3 is 0 Å². The molecule has 2 heterocycles. The van der Waals surface area contributed by atoms with Gasteiger partial charge in [-0.1, -0.05) is 17.3 Å². The predicted molar refractivity (Wildman–Crippen MR) is 107 cm³/mol. The van der Waals surface area contributed by atoms with E-state index >= 15 is 0 Å². The summed E-state index contributed by atoms with van der Waals surface area (Å²) < 4.78 is 14.4. The molecule has 0 radical (unpaired) electrons.